The molecule has 21 heavy (non-hydrogen) atoms. The van der Waals surface area contributed by atoms with Crippen LogP contribution in [0.25, 0.3) is 0 Å². The lowest BCUT2D eigenvalue weighted by Crippen LogP contribution is -2.36. The fourth-order valence-corrected chi connectivity index (χ4v) is 2.09. The number of carbonyl (C=O) groups excluding carboxylic acids is 1. The summed E-state index contributed by atoms with van der Waals surface area (Å²) in [7, 11) is 0. The largest absolute Gasteiger partial charge is 0.474 e. The summed E-state index contributed by atoms with van der Waals surface area (Å²) in [5, 5.41) is 11.8. The highest BCUT2D eigenvalue weighted by atomic mass is 16.5. The first-order valence-electron chi connectivity index (χ1n) is 7.35. The van der Waals surface area contributed by atoms with E-state index in [-0.39, 0.29) is 24.7 Å². The van der Waals surface area contributed by atoms with Crippen molar-refractivity contribution in [1.29, 1.82) is 0 Å². The summed E-state index contributed by atoms with van der Waals surface area (Å²) in [6, 6.07) is 3.15. The van der Waals surface area contributed by atoms with Crippen molar-refractivity contribution in [1.82, 2.24) is 10.3 Å². The van der Waals surface area contributed by atoms with Gasteiger partial charge in [0.25, 0.3) is 5.91 Å². The van der Waals surface area contributed by atoms with Crippen molar-refractivity contribution in [3.8, 4) is 5.88 Å². The molecule has 0 spiro atoms. The van der Waals surface area contributed by atoms with Gasteiger partial charge < -0.3 is 19.9 Å². The number of amides is 1. The highest BCUT2D eigenvalue weighted by Gasteiger charge is 2.16. The maximum atomic E-state index is 12.0. The molecule has 1 amide bonds. The predicted octanol–water partition coefficient (Wildman–Crippen LogP) is 1.14. The van der Waals surface area contributed by atoms with Gasteiger partial charge in [-0.25, -0.2) is 4.98 Å². The van der Waals surface area contributed by atoms with Gasteiger partial charge >= 0.3 is 0 Å². The molecule has 2 N–H and O–H groups in total. The fourth-order valence-electron chi connectivity index (χ4n) is 2.09. The highest BCUT2D eigenvalue weighted by Crippen LogP contribution is 2.16. The zero-order valence-corrected chi connectivity index (χ0v) is 12.2. The van der Waals surface area contributed by atoms with E-state index < -0.39 is 0 Å². The summed E-state index contributed by atoms with van der Waals surface area (Å²) >= 11 is 0. The van der Waals surface area contributed by atoms with Gasteiger partial charge in [-0.1, -0.05) is 6.92 Å². The van der Waals surface area contributed by atoms with Crippen LogP contribution in [0.1, 0.15) is 36.5 Å². The molecule has 2 heterocycles. The van der Waals surface area contributed by atoms with E-state index in [9.17, 15) is 4.79 Å². The third kappa shape index (κ3) is 4.68. The molecule has 6 nitrogen and oxygen atoms in total. The number of aliphatic hydroxyl groups excluding tert-OH is 1. The number of ether oxygens (including phenoxy) is 2. The average Bonchev–Trinajstić information content (AvgIpc) is 2.54. The summed E-state index contributed by atoms with van der Waals surface area (Å²) in [6.07, 6.45) is 4.02. The molecule has 0 saturated carbocycles. The Morgan fingerprint density at radius 2 is 2.29 bits per heavy atom. The standard InChI is InChI=1S/C15H22N2O4/c1-2-12(10-18)17-15(19)11-3-4-14(16-9-11)21-13-5-7-20-8-6-13/h3-4,9,12-13,18H,2,5-8,10H2,1H3,(H,17,19). The van der Waals surface area contributed by atoms with Crippen molar-refractivity contribution < 1.29 is 19.4 Å². The van der Waals surface area contributed by atoms with Crippen molar-refractivity contribution in [3.05, 3.63) is 23.9 Å². The van der Waals surface area contributed by atoms with Crippen LogP contribution in [0.2, 0.25) is 0 Å². The number of nitrogens with one attached hydrogen (secondary N) is 1. The number of aliphatic hydroxyl groups is 1. The predicted molar refractivity (Wildman–Crippen MR) is 77.3 cm³/mol. The topological polar surface area (TPSA) is 80.7 Å². The lowest BCUT2D eigenvalue weighted by atomic mass is 10.1. The second-order valence-corrected chi connectivity index (χ2v) is 5.08. The second kappa shape index (κ2) is 7.95. The third-order valence-corrected chi connectivity index (χ3v) is 3.50. The van der Waals surface area contributed by atoms with Gasteiger partial charge in [-0.15, -0.1) is 0 Å². The quantitative estimate of drug-likeness (QED) is 0.822. The van der Waals surface area contributed by atoms with Gasteiger partial charge in [0.05, 0.1) is 31.4 Å². The molecular formula is C15H22N2O4. The summed E-state index contributed by atoms with van der Waals surface area (Å²) in [5.74, 6) is 0.286. The van der Waals surface area contributed by atoms with Gasteiger partial charge in [0.1, 0.15) is 6.10 Å². The number of carbonyl (C=O) groups is 1. The van der Waals surface area contributed by atoms with E-state index >= 15 is 0 Å². The Morgan fingerprint density at radius 1 is 1.52 bits per heavy atom. The van der Waals surface area contributed by atoms with Gasteiger partial charge in [0, 0.05) is 25.1 Å². The van der Waals surface area contributed by atoms with Crippen molar-refractivity contribution in [2.75, 3.05) is 19.8 Å². The zero-order chi connectivity index (χ0) is 15.1. The molecule has 0 radical (unpaired) electrons. The number of hydrogen-bond acceptors (Lipinski definition) is 5. The van der Waals surface area contributed by atoms with Crippen LogP contribution in [-0.4, -0.2) is 48.0 Å². The van der Waals surface area contributed by atoms with Crippen molar-refractivity contribution in [3.63, 3.8) is 0 Å². The summed E-state index contributed by atoms with van der Waals surface area (Å²) in [5.41, 5.74) is 0.459. The van der Waals surface area contributed by atoms with E-state index in [1.54, 1.807) is 12.1 Å². The molecule has 1 unspecified atom stereocenters. The van der Waals surface area contributed by atoms with Crippen LogP contribution in [0, 0.1) is 0 Å². The summed E-state index contributed by atoms with van der Waals surface area (Å²) in [4.78, 5) is 16.1. The summed E-state index contributed by atoms with van der Waals surface area (Å²) < 4.78 is 11.0. The van der Waals surface area contributed by atoms with Gasteiger partial charge in [-0.3, -0.25) is 4.79 Å². The van der Waals surface area contributed by atoms with E-state index in [2.05, 4.69) is 10.3 Å². The lowest BCUT2D eigenvalue weighted by molar-refractivity contribution is 0.0237. The molecular weight excluding hydrogens is 272 g/mol. The lowest BCUT2D eigenvalue weighted by Gasteiger charge is -2.22. The molecule has 0 aromatic carbocycles. The maximum absolute atomic E-state index is 12.0. The number of aromatic nitrogens is 1. The maximum Gasteiger partial charge on any atom is 0.253 e. The van der Waals surface area contributed by atoms with E-state index in [1.165, 1.54) is 6.20 Å². The molecule has 1 aromatic rings. The minimum Gasteiger partial charge on any atom is -0.474 e. The molecule has 1 aromatic heterocycles. The molecule has 0 aliphatic carbocycles. The van der Waals surface area contributed by atoms with Crippen LogP contribution < -0.4 is 10.1 Å². The summed E-state index contributed by atoms with van der Waals surface area (Å²) in [6.45, 7) is 3.26. The molecule has 1 aliphatic rings. The van der Waals surface area contributed by atoms with Crippen LogP contribution >= 0.6 is 0 Å². The van der Waals surface area contributed by atoms with Crippen molar-refractivity contribution in [2.45, 2.75) is 38.3 Å². The van der Waals surface area contributed by atoms with Crippen LogP contribution in [0.15, 0.2) is 18.3 Å². The number of nitrogens with zero attached hydrogens (tertiary/aromatic N) is 1. The molecule has 1 atom stereocenters. The minimum absolute atomic E-state index is 0.0688. The first kappa shape index (κ1) is 15.7. The first-order chi connectivity index (χ1) is 10.2. The Labute approximate surface area is 124 Å². The highest BCUT2D eigenvalue weighted by molar-refractivity contribution is 5.94. The SMILES string of the molecule is CCC(CO)NC(=O)c1ccc(OC2CCOCC2)nc1. The fraction of sp³-hybridized carbons (Fsp3) is 0.600. The molecule has 116 valence electrons. The number of hydrogen-bond donors (Lipinski definition) is 2. The molecule has 0 bridgehead atoms. The molecule has 1 saturated heterocycles. The Morgan fingerprint density at radius 3 is 2.86 bits per heavy atom. The molecule has 6 heteroatoms. The van der Waals surface area contributed by atoms with Crippen LogP contribution in [0.4, 0.5) is 0 Å². The smallest absolute Gasteiger partial charge is 0.253 e. The second-order valence-electron chi connectivity index (χ2n) is 5.08. The van der Waals surface area contributed by atoms with Gasteiger partial charge in [-0.05, 0) is 12.5 Å². The Hall–Kier alpha value is -1.66. The Balaban J connectivity index is 1.90. The van der Waals surface area contributed by atoms with Gasteiger partial charge in [0.2, 0.25) is 5.88 Å². The normalized spacial score (nSPS) is 17.2. The molecule has 1 aliphatic heterocycles. The average molecular weight is 294 g/mol. The van der Waals surface area contributed by atoms with E-state index in [0.29, 0.717) is 31.1 Å². The van der Waals surface area contributed by atoms with E-state index in [4.69, 9.17) is 14.6 Å². The van der Waals surface area contributed by atoms with Crippen LogP contribution in [-0.2, 0) is 4.74 Å². The van der Waals surface area contributed by atoms with Gasteiger partial charge in [-0.2, -0.15) is 0 Å². The molecule has 2 rings (SSSR count). The Bertz CT molecular complexity index is 439. The first-order valence-corrected chi connectivity index (χ1v) is 7.35. The van der Waals surface area contributed by atoms with Crippen LogP contribution in [0.3, 0.4) is 0 Å². The molecule has 1 fully saturated rings. The monoisotopic (exact) mass is 294 g/mol. The minimum atomic E-state index is -0.235. The van der Waals surface area contributed by atoms with Crippen LogP contribution in [0.5, 0.6) is 5.88 Å². The van der Waals surface area contributed by atoms with Crippen molar-refractivity contribution in [2.24, 2.45) is 0 Å². The van der Waals surface area contributed by atoms with Gasteiger partial charge in [0.15, 0.2) is 0 Å². The zero-order valence-electron chi connectivity index (χ0n) is 12.2. The van der Waals surface area contributed by atoms with E-state index in [0.717, 1.165) is 12.8 Å². The third-order valence-electron chi connectivity index (χ3n) is 3.50. The number of rotatable bonds is 6. The number of pyridine rings is 1. The Kier molecular flexibility index (Phi) is 5.95. The van der Waals surface area contributed by atoms with E-state index in [1.807, 2.05) is 6.92 Å². The van der Waals surface area contributed by atoms with Crippen molar-refractivity contribution >= 4 is 5.91 Å².